The van der Waals surface area contributed by atoms with Crippen molar-refractivity contribution in [2.45, 2.75) is 25.9 Å². The summed E-state index contributed by atoms with van der Waals surface area (Å²) >= 11 is 5.88. The van der Waals surface area contributed by atoms with Crippen molar-refractivity contribution in [1.82, 2.24) is 0 Å². The molecule has 3 nitrogen and oxygen atoms in total. The predicted molar refractivity (Wildman–Crippen MR) is 87.8 cm³/mol. The summed E-state index contributed by atoms with van der Waals surface area (Å²) in [5.41, 5.74) is 3.15. The molecule has 0 aromatic heterocycles. The van der Waals surface area contributed by atoms with E-state index >= 15 is 0 Å². The summed E-state index contributed by atoms with van der Waals surface area (Å²) in [5, 5.41) is 10.6. The van der Waals surface area contributed by atoms with E-state index in [1.165, 1.54) is 0 Å². The fraction of sp³-hybridized carbons (Fsp3) is 0.278. The largest absolute Gasteiger partial charge is 0.466 e. The summed E-state index contributed by atoms with van der Waals surface area (Å²) in [7, 11) is 0. The van der Waals surface area contributed by atoms with Crippen LogP contribution in [0.2, 0.25) is 5.02 Å². The molecule has 0 bridgehead atoms. The average Bonchev–Trinajstić information content (AvgIpc) is 2.49. The van der Waals surface area contributed by atoms with E-state index in [2.05, 4.69) is 0 Å². The summed E-state index contributed by atoms with van der Waals surface area (Å²) in [6, 6.07) is 15.5. The Kier molecular flexibility index (Phi) is 5.99. The van der Waals surface area contributed by atoms with Crippen LogP contribution < -0.4 is 0 Å². The fourth-order valence-corrected chi connectivity index (χ4v) is 2.36. The van der Waals surface area contributed by atoms with Crippen LogP contribution in [0.25, 0.3) is 11.1 Å². The van der Waals surface area contributed by atoms with E-state index in [0.29, 0.717) is 18.1 Å². The number of esters is 1. The monoisotopic (exact) mass is 318 g/mol. The van der Waals surface area contributed by atoms with Crippen LogP contribution in [-0.2, 0) is 16.0 Å². The van der Waals surface area contributed by atoms with Gasteiger partial charge in [-0.15, -0.1) is 0 Å². The molecule has 2 aromatic rings. The Morgan fingerprint density at radius 3 is 2.18 bits per heavy atom. The van der Waals surface area contributed by atoms with Gasteiger partial charge in [-0.05, 0) is 42.2 Å². The van der Waals surface area contributed by atoms with Gasteiger partial charge in [0.15, 0.2) is 0 Å². The first-order chi connectivity index (χ1) is 10.6. The van der Waals surface area contributed by atoms with Gasteiger partial charge in [0.25, 0.3) is 0 Å². The Labute approximate surface area is 135 Å². The number of carbonyl (C=O) groups excluding carboxylic acids is 1. The van der Waals surface area contributed by atoms with E-state index in [4.69, 9.17) is 16.3 Å². The van der Waals surface area contributed by atoms with E-state index < -0.39 is 6.10 Å². The second-order valence-corrected chi connectivity index (χ2v) is 5.51. The summed E-state index contributed by atoms with van der Waals surface area (Å²) < 4.78 is 4.83. The molecule has 0 fully saturated rings. The van der Waals surface area contributed by atoms with E-state index in [1.54, 1.807) is 6.92 Å². The minimum absolute atomic E-state index is 0.0206. The summed E-state index contributed by atoms with van der Waals surface area (Å²) in [6.45, 7) is 2.08. The van der Waals surface area contributed by atoms with Crippen molar-refractivity contribution in [1.29, 1.82) is 0 Å². The highest BCUT2D eigenvalue weighted by molar-refractivity contribution is 6.30. The molecule has 0 heterocycles. The molecule has 0 spiro atoms. The molecular weight excluding hydrogens is 300 g/mol. The highest BCUT2D eigenvalue weighted by atomic mass is 35.5. The lowest BCUT2D eigenvalue weighted by atomic mass is 10.0. The zero-order valence-electron chi connectivity index (χ0n) is 12.5. The van der Waals surface area contributed by atoms with Crippen LogP contribution in [0, 0.1) is 0 Å². The number of ether oxygens (including phenoxy) is 1. The minimum atomic E-state index is -0.722. The van der Waals surface area contributed by atoms with Gasteiger partial charge < -0.3 is 9.84 Å². The summed E-state index contributed by atoms with van der Waals surface area (Å²) in [4.78, 5) is 11.3. The van der Waals surface area contributed by atoms with Gasteiger partial charge in [-0.2, -0.15) is 0 Å². The van der Waals surface area contributed by atoms with Crippen LogP contribution in [-0.4, -0.2) is 23.8 Å². The molecule has 0 aliphatic carbocycles. The standard InChI is InChI=1S/C18H19ClO3/c1-2-22-18(21)12-17(20)11-13-3-5-14(6-4-13)15-7-9-16(19)10-8-15/h3-10,17,20H,2,11-12H2,1H3/t17-/m1/s1. The number of benzene rings is 2. The molecule has 0 aliphatic heterocycles. The zero-order valence-corrected chi connectivity index (χ0v) is 13.2. The number of carbonyl (C=O) groups is 1. The van der Waals surface area contributed by atoms with Crippen molar-refractivity contribution in [3.8, 4) is 11.1 Å². The molecule has 1 N–H and O–H groups in total. The molecule has 0 unspecified atom stereocenters. The molecule has 0 amide bonds. The molecule has 0 saturated heterocycles. The topological polar surface area (TPSA) is 46.5 Å². The lowest BCUT2D eigenvalue weighted by Gasteiger charge is -2.10. The van der Waals surface area contributed by atoms with Crippen LogP contribution in [0.5, 0.6) is 0 Å². The van der Waals surface area contributed by atoms with Gasteiger partial charge in [-0.3, -0.25) is 4.79 Å². The minimum Gasteiger partial charge on any atom is -0.466 e. The second-order valence-electron chi connectivity index (χ2n) is 5.07. The third-order valence-corrected chi connectivity index (χ3v) is 3.56. The highest BCUT2D eigenvalue weighted by Gasteiger charge is 2.12. The Morgan fingerprint density at radius 2 is 1.64 bits per heavy atom. The fourth-order valence-electron chi connectivity index (χ4n) is 2.23. The number of aliphatic hydroxyl groups is 1. The van der Waals surface area contributed by atoms with Crippen molar-refractivity contribution in [3.05, 3.63) is 59.1 Å². The first-order valence-corrected chi connectivity index (χ1v) is 7.65. The van der Waals surface area contributed by atoms with Crippen molar-refractivity contribution in [3.63, 3.8) is 0 Å². The normalized spacial score (nSPS) is 12.0. The van der Waals surface area contributed by atoms with Gasteiger partial charge in [0.1, 0.15) is 0 Å². The van der Waals surface area contributed by atoms with E-state index in [1.807, 2.05) is 48.5 Å². The van der Waals surface area contributed by atoms with E-state index in [-0.39, 0.29) is 12.4 Å². The average molecular weight is 319 g/mol. The van der Waals surface area contributed by atoms with E-state index in [0.717, 1.165) is 16.7 Å². The van der Waals surface area contributed by atoms with Gasteiger partial charge in [0.05, 0.1) is 19.1 Å². The van der Waals surface area contributed by atoms with Gasteiger partial charge in [-0.25, -0.2) is 0 Å². The van der Waals surface area contributed by atoms with Gasteiger partial charge >= 0.3 is 5.97 Å². The van der Waals surface area contributed by atoms with Crippen molar-refractivity contribution < 1.29 is 14.6 Å². The van der Waals surface area contributed by atoms with Crippen LogP contribution >= 0.6 is 11.6 Å². The molecule has 116 valence electrons. The Hall–Kier alpha value is -1.84. The SMILES string of the molecule is CCOC(=O)C[C@H](O)Cc1ccc(-c2ccc(Cl)cc2)cc1. The van der Waals surface area contributed by atoms with Crippen molar-refractivity contribution in [2.75, 3.05) is 6.61 Å². The van der Waals surface area contributed by atoms with Gasteiger partial charge in [0.2, 0.25) is 0 Å². The van der Waals surface area contributed by atoms with Crippen LogP contribution in [0.15, 0.2) is 48.5 Å². The second kappa shape index (κ2) is 7.97. The number of aliphatic hydroxyl groups excluding tert-OH is 1. The Balaban J connectivity index is 1.97. The Morgan fingerprint density at radius 1 is 1.09 bits per heavy atom. The maximum absolute atomic E-state index is 11.3. The maximum atomic E-state index is 11.3. The predicted octanol–water partition coefficient (Wildman–Crippen LogP) is 3.86. The third kappa shape index (κ3) is 4.86. The lowest BCUT2D eigenvalue weighted by molar-refractivity contribution is -0.145. The van der Waals surface area contributed by atoms with Crippen molar-refractivity contribution >= 4 is 17.6 Å². The van der Waals surface area contributed by atoms with Gasteiger partial charge in [0, 0.05) is 5.02 Å². The molecular formula is C18H19ClO3. The zero-order chi connectivity index (χ0) is 15.9. The molecule has 2 rings (SSSR count). The molecule has 0 radical (unpaired) electrons. The Bertz CT molecular complexity index is 605. The molecule has 22 heavy (non-hydrogen) atoms. The molecule has 0 saturated carbocycles. The van der Waals surface area contributed by atoms with Gasteiger partial charge in [-0.1, -0.05) is 48.0 Å². The molecule has 2 aromatic carbocycles. The van der Waals surface area contributed by atoms with Crippen LogP contribution in [0.1, 0.15) is 18.9 Å². The van der Waals surface area contributed by atoms with E-state index in [9.17, 15) is 9.90 Å². The maximum Gasteiger partial charge on any atom is 0.308 e. The first-order valence-electron chi connectivity index (χ1n) is 7.27. The summed E-state index contributed by atoms with van der Waals surface area (Å²) in [5.74, 6) is -0.368. The third-order valence-electron chi connectivity index (χ3n) is 3.31. The molecule has 4 heteroatoms. The number of hydrogen-bond donors (Lipinski definition) is 1. The quantitative estimate of drug-likeness (QED) is 0.823. The first kappa shape index (κ1) is 16.5. The molecule has 1 atom stereocenters. The number of halogens is 1. The number of rotatable bonds is 6. The summed E-state index contributed by atoms with van der Waals surface area (Å²) in [6.07, 6.45) is -0.271. The highest BCUT2D eigenvalue weighted by Crippen LogP contribution is 2.22. The number of hydrogen-bond acceptors (Lipinski definition) is 3. The van der Waals surface area contributed by atoms with Crippen LogP contribution in [0.4, 0.5) is 0 Å². The lowest BCUT2D eigenvalue weighted by Crippen LogP contribution is -2.18. The molecule has 0 aliphatic rings. The smallest absolute Gasteiger partial charge is 0.308 e. The van der Waals surface area contributed by atoms with Crippen molar-refractivity contribution in [2.24, 2.45) is 0 Å². The van der Waals surface area contributed by atoms with Crippen LogP contribution in [0.3, 0.4) is 0 Å².